The zero-order valence-electron chi connectivity index (χ0n) is 21.0. The lowest BCUT2D eigenvalue weighted by Gasteiger charge is -2.31. The fourth-order valence-electron chi connectivity index (χ4n) is 4.02. The zero-order chi connectivity index (χ0) is 22.0. The first kappa shape index (κ1) is 29.0. The quantitative estimate of drug-likeness (QED) is 0.246. The number of nitrogens with zero attached hydrogens (tertiary/aromatic N) is 3. The summed E-state index contributed by atoms with van der Waals surface area (Å²) in [4.78, 5) is 7.83. The highest BCUT2D eigenvalue weighted by Gasteiger charge is 2.31. The molecule has 0 aromatic heterocycles. The van der Waals surface area contributed by atoms with Gasteiger partial charge in [0.05, 0.1) is 0 Å². The molecule has 0 aliphatic rings. The van der Waals surface area contributed by atoms with Crippen LogP contribution < -0.4 is 0 Å². The molecule has 0 amide bonds. The molecule has 0 heterocycles. The summed E-state index contributed by atoms with van der Waals surface area (Å²) in [6.45, 7) is 27.7. The van der Waals surface area contributed by atoms with Crippen LogP contribution in [0, 0.1) is 0 Å². The van der Waals surface area contributed by atoms with Crippen LogP contribution in [-0.2, 0) is 8.85 Å². The van der Waals surface area contributed by atoms with E-state index >= 15 is 0 Å². The fraction of sp³-hybridized carbons (Fsp3) is 1.00. The molecule has 5 nitrogen and oxygen atoms in total. The van der Waals surface area contributed by atoms with Gasteiger partial charge in [-0.15, -0.1) is 0 Å². The van der Waals surface area contributed by atoms with Crippen LogP contribution >= 0.6 is 0 Å². The summed E-state index contributed by atoms with van der Waals surface area (Å²) in [5.41, 5.74) is 0. The van der Waals surface area contributed by atoms with Gasteiger partial charge in [0.15, 0.2) is 0 Å². The Balaban J connectivity index is 4.67. The molecule has 0 aliphatic carbocycles. The van der Waals surface area contributed by atoms with Crippen molar-refractivity contribution in [1.82, 2.24) is 14.7 Å². The first-order valence-corrected chi connectivity index (χ1v) is 15.0. The Hall–Kier alpha value is 0.0169. The van der Waals surface area contributed by atoms with Crippen molar-refractivity contribution >= 4 is 8.56 Å². The van der Waals surface area contributed by atoms with E-state index < -0.39 is 8.56 Å². The van der Waals surface area contributed by atoms with Gasteiger partial charge in [0, 0.05) is 25.8 Å². The van der Waals surface area contributed by atoms with Gasteiger partial charge in [0.25, 0.3) is 0 Å². The fourth-order valence-corrected chi connectivity index (χ4v) is 6.33. The topological polar surface area (TPSA) is 28.2 Å². The first-order chi connectivity index (χ1) is 14.0. The SMILES string of the molecule is CCCN(CC)CCCN(CCCN(CC)CCC)CC[Si](C)(OCC)OCC. The average molecular weight is 432 g/mol. The lowest BCUT2D eigenvalue weighted by molar-refractivity contribution is 0.176. The molecule has 29 heavy (non-hydrogen) atoms. The molecule has 0 N–H and O–H groups in total. The van der Waals surface area contributed by atoms with Gasteiger partial charge < -0.3 is 23.6 Å². The Morgan fingerprint density at radius 1 is 0.552 bits per heavy atom. The largest absolute Gasteiger partial charge is 0.395 e. The Kier molecular flexibility index (Phi) is 18.8. The van der Waals surface area contributed by atoms with E-state index in [0.29, 0.717) is 0 Å². The minimum atomic E-state index is -2.04. The van der Waals surface area contributed by atoms with Crippen LogP contribution in [0.3, 0.4) is 0 Å². The Morgan fingerprint density at radius 3 is 1.31 bits per heavy atom. The van der Waals surface area contributed by atoms with E-state index in [1.807, 2.05) is 0 Å². The van der Waals surface area contributed by atoms with Gasteiger partial charge in [-0.05, 0) is 98.4 Å². The monoisotopic (exact) mass is 431 g/mol. The summed E-state index contributed by atoms with van der Waals surface area (Å²) < 4.78 is 12.2. The second kappa shape index (κ2) is 18.8. The smallest absolute Gasteiger partial charge is 0.336 e. The molecule has 0 aromatic carbocycles. The minimum Gasteiger partial charge on any atom is -0.395 e. The van der Waals surface area contributed by atoms with Crippen molar-refractivity contribution in [2.45, 2.75) is 79.8 Å². The van der Waals surface area contributed by atoms with Crippen LogP contribution in [0.4, 0.5) is 0 Å². The van der Waals surface area contributed by atoms with E-state index in [1.54, 1.807) is 0 Å². The van der Waals surface area contributed by atoms with Crippen molar-refractivity contribution in [3.63, 3.8) is 0 Å². The maximum absolute atomic E-state index is 6.08. The molecule has 0 unspecified atom stereocenters. The molecule has 0 fully saturated rings. The van der Waals surface area contributed by atoms with Gasteiger partial charge in [-0.1, -0.05) is 27.7 Å². The van der Waals surface area contributed by atoms with Crippen LogP contribution in [0.15, 0.2) is 0 Å². The van der Waals surface area contributed by atoms with Gasteiger partial charge in [-0.3, -0.25) is 0 Å². The summed E-state index contributed by atoms with van der Waals surface area (Å²) in [6, 6.07) is 1.06. The summed E-state index contributed by atoms with van der Waals surface area (Å²) in [6.07, 6.45) is 4.99. The molecule has 0 saturated heterocycles. The zero-order valence-corrected chi connectivity index (χ0v) is 22.0. The molecule has 0 aromatic rings. The Morgan fingerprint density at radius 2 is 0.966 bits per heavy atom. The second-order valence-corrected chi connectivity index (χ2v) is 11.5. The van der Waals surface area contributed by atoms with Crippen molar-refractivity contribution in [3.05, 3.63) is 0 Å². The van der Waals surface area contributed by atoms with Crippen LogP contribution in [0.2, 0.25) is 12.6 Å². The Bertz CT molecular complexity index is 335. The van der Waals surface area contributed by atoms with E-state index in [0.717, 1.165) is 38.9 Å². The standard InChI is InChI=1S/C23H53N3O2Si/c1-8-16-24(10-3)18-14-20-26(21-15-19-25(11-4)17-9-2)22-23-29(7,27-12-5)28-13-6/h8-23H2,1-7H3. The van der Waals surface area contributed by atoms with E-state index in [2.05, 4.69) is 62.8 Å². The van der Waals surface area contributed by atoms with E-state index in [-0.39, 0.29) is 0 Å². The highest BCUT2D eigenvalue weighted by molar-refractivity contribution is 6.66. The maximum Gasteiger partial charge on any atom is 0.336 e. The number of hydrogen-bond acceptors (Lipinski definition) is 5. The molecule has 0 bridgehead atoms. The van der Waals surface area contributed by atoms with Crippen LogP contribution in [-0.4, -0.2) is 95.4 Å². The summed E-state index contributed by atoms with van der Waals surface area (Å²) >= 11 is 0. The van der Waals surface area contributed by atoms with Gasteiger partial charge in [-0.2, -0.15) is 0 Å². The summed E-state index contributed by atoms with van der Waals surface area (Å²) in [5, 5.41) is 0. The van der Waals surface area contributed by atoms with Crippen LogP contribution in [0.25, 0.3) is 0 Å². The predicted molar refractivity (Wildman–Crippen MR) is 130 cm³/mol. The van der Waals surface area contributed by atoms with Crippen LogP contribution in [0.1, 0.15) is 67.2 Å². The maximum atomic E-state index is 6.08. The lowest BCUT2D eigenvalue weighted by Crippen LogP contribution is -2.43. The van der Waals surface area contributed by atoms with Gasteiger partial charge >= 0.3 is 8.56 Å². The van der Waals surface area contributed by atoms with Crippen molar-refractivity contribution in [2.75, 3.05) is 72.1 Å². The lowest BCUT2D eigenvalue weighted by atomic mass is 10.3. The van der Waals surface area contributed by atoms with Crippen molar-refractivity contribution in [3.8, 4) is 0 Å². The van der Waals surface area contributed by atoms with Gasteiger partial charge in [0.1, 0.15) is 0 Å². The predicted octanol–water partition coefficient (Wildman–Crippen LogP) is 4.68. The molecule has 0 aliphatic heterocycles. The highest BCUT2D eigenvalue weighted by Crippen LogP contribution is 2.15. The molecule has 0 saturated carbocycles. The Labute approximate surface area is 184 Å². The molecule has 0 atom stereocenters. The van der Waals surface area contributed by atoms with Crippen molar-refractivity contribution in [2.24, 2.45) is 0 Å². The molecule has 0 radical (unpaired) electrons. The third-order valence-electron chi connectivity index (χ3n) is 5.65. The third-order valence-corrected chi connectivity index (χ3v) is 8.58. The summed E-state index contributed by atoms with van der Waals surface area (Å²) in [7, 11) is -2.04. The minimum absolute atomic E-state index is 0.758. The number of rotatable bonds is 21. The number of hydrogen-bond donors (Lipinski definition) is 0. The molecule has 0 rings (SSSR count). The third kappa shape index (κ3) is 14.6. The molecule has 176 valence electrons. The molecule has 6 heteroatoms. The average Bonchev–Trinajstić information content (AvgIpc) is 2.70. The first-order valence-electron chi connectivity index (χ1n) is 12.4. The molecular weight excluding hydrogens is 378 g/mol. The van der Waals surface area contributed by atoms with Crippen LogP contribution in [0.5, 0.6) is 0 Å². The van der Waals surface area contributed by atoms with E-state index in [4.69, 9.17) is 8.85 Å². The second-order valence-electron chi connectivity index (χ2n) is 8.17. The van der Waals surface area contributed by atoms with Crippen molar-refractivity contribution in [1.29, 1.82) is 0 Å². The summed E-state index contributed by atoms with van der Waals surface area (Å²) in [5.74, 6) is 0. The van der Waals surface area contributed by atoms with Crippen molar-refractivity contribution < 1.29 is 8.85 Å². The molecular formula is C23H53N3O2Si. The van der Waals surface area contributed by atoms with Gasteiger partial charge in [-0.25, -0.2) is 0 Å². The normalized spacial score (nSPS) is 12.6. The van der Waals surface area contributed by atoms with Gasteiger partial charge in [0.2, 0.25) is 0 Å². The van der Waals surface area contributed by atoms with E-state index in [9.17, 15) is 0 Å². The van der Waals surface area contributed by atoms with E-state index in [1.165, 1.54) is 65.0 Å². The highest BCUT2D eigenvalue weighted by atomic mass is 28.4. The molecule has 0 spiro atoms.